The number of rotatable bonds is 7. The zero-order chi connectivity index (χ0) is 19.4. The van der Waals surface area contributed by atoms with Crippen LogP contribution in [-0.2, 0) is 27.7 Å². The van der Waals surface area contributed by atoms with Gasteiger partial charge in [0.2, 0.25) is 15.9 Å². The van der Waals surface area contributed by atoms with Crippen LogP contribution < -0.4 is 5.32 Å². The molecule has 1 aliphatic heterocycles. The summed E-state index contributed by atoms with van der Waals surface area (Å²) in [4.78, 5) is 14.8. The van der Waals surface area contributed by atoms with Crippen LogP contribution in [0.4, 0.5) is 0 Å². The fourth-order valence-corrected chi connectivity index (χ4v) is 5.49. The number of carbonyl (C=O) groups excluding carboxylic acids is 1. The van der Waals surface area contributed by atoms with Gasteiger partial charge >= 0.3 is 0 Å². The van der Waals surface area contributed by atoms with Crippen LogP contribution >= 0.6 is 0 Å². The molecule has 1 aromatic rings. The molecule has 1 N–H and O–H groups in total. The SMILES string of the molecule is CN(C)CCCNC(=O)C1CCN(S(=O)(=O)c2ccc3c(c2)CCC3)CC1. The van der Waals surface area contributed by atoms with Crippen LogP contribution in [0.2, 0.25) is 0 Å². The number of hydrogen-bond donors (Lipinski definition) is 1. The molecule has 0 saturated carbocycles. The van der Waals surface area contributed by atoms with Crippen LogP contribution in [0.15, 0.2) is 23.1 Å². The first-order valence-electron chi connectivity index (χ1n) is 9.92. The predicted octanol–water partition coefficient (Wildman–Crippen LogP) is 1.64. The van der Waals surface area contributed by atoms with Crippen LogP contribution in [-0.4, -0.2) is 63.8 Å². The first-order valence-corrected chi connectivity index (χ1v) is 11.4. The highest BCUT2D eigenvalue weighted by molar-refractivity contribution is 7.89. The van der Waals surface area contributed by atoms with E-state index in [1.165, 1.54) is 11.1 Å². The highest BCUT2D eigenvalue weighted by Gasteiger charge is 2.32. The van der Waals surface area contributed by atoms with Gasteiger partial charge in [-0.15, -0.1) is 0 Å². The summed E-state index contributed by atoms with van der Waals surface area (Å²) in [7, 11) is 0.559. The van der Waals surface area contributed by atoms with Gasteiger partial charge in [-0.1, -0.05) is 6.07 Å². The van der Waals surface area contributed by atoms with Crippen molar-refractivity contribution in [2.75, 3.05) is 40.3 Å². The fourth-order valence-electron chi connectivity index (χ4n) is 3.97. The smallest absolute Gasteiger partial charge is 0.243 e. The maximum Gasteiger partial charge on any atom is 0.243 e. The molecule has 0 bridgehead atoms. The molecule has 7 heteroatoms. The summed E-state index contributed by atoms with van der Waals surface area (Å²) in [6, 6.07) is 5.55. The van der Waals surface area contributed by atoms with Crippen LogP contribution in [0.1, 0.15) is 36.8 Å². The van der Waals surface area contributed by atoms with Gasteiger partial charge in [0.1, 0.15) is 0 Å². The van der Waals surface area contributed by atoms with Crippen LogP contribution in [0.3, 0.4) is 0 Å². The molecule has 1 aliphatic carbocycles. The maximum atomic E-state index is 13.0. The number of nitrogens with zero attached hydrogens (tertiary/aromatic N) is 2. The van der Waals surface area contributed by atoms with Crippen molar-refractivity contribution in [3.63, 3.8) is 0 Å². The number of hydrogen-bond acceptors (Lipinski definition) is 4. The third-order valence-corrected chi connectivity index (χ3v) is 7.51. The highest BCUT2D eigenvalue weighted by Crippen LogP contribution is 2.28. The van der Waals surface area contributed by atoms with E-state index in [1.54, 1.807) is 10.4 Å². The van der Waals surface area contributed by atoms with Crippen molar-refractivity contribution < 1.29 is 13.2 Å². The molecule has 0 atom stereocenters. The Balaban J connectivity index is 1.53. The second-order valence-electron chi connectivity index (χ2n) is 7.91. The van der Waals surface area contributed by atoms with Crippen molar-refractivity contribution in [3.05, 3.63) is 29.3 Å². The van der Waals surface area contributed by atoms with E-state index in [0.29, 0.717) is 37.4 Å². The van der Waals surface area contributed by atoms with Crippen LogP contribution in [0, 0.1) is 5.92 Å². The Morgan fingerprint density at radius 3 is 2.59 bits per heavy atom. The van der Waals surface area contributed by atoms with Gasteiger partial charge in [0.05, 0.1) is 4.90 Å². The lowest BCUT2D eigenvalue weighted by Gasteiger charge is -2.30. The molecule has 0 unspecified atom stereocenters. The van der Waals surface area contributed by atoms with Gasteiger partial charge in [-0.25, -0.2) is 8.42 Å². The second kappa shape index (κ2) is 8.71. The van der Waals surface area contributed by atoms with E-state index in [4.69, 9.17) is 0 Å². The third-order valence-electron chi connectivity index (χ3n) is 5.61. The number of fused-ring (bicyclic) bond motifs is 1. The predicted molar refractivity (Wildman–Crippen MR) is 106 cm³/mol. The Kier molecular flexibility index (Phi) is 6.55. The molecule has 0 aromatic heterocycles. The van der Waals surface area contributed by atoms with Crippen molar-refractivity contribution in [2.45, 2.75) is 43.4 Å². The standard InChI is InChI=1S/C20H31N3O3S/c1-22(2)12-4-11-21-20(24)17-9-13-23(14-10-17)27(25,26)19-8-7-16-5-3-6-18(16)15-19/h7-8,15,17H,3-6,9-14H2,1-2H3,(H,21,24). The molecular weight excluding hydrogens is 362 g/mol. The van der Waals surface area contributed by atoms with Crippen molar-refractivity contribution in [2.24, 2.45) is 5.92 Å². The van der Waals surface area contributed by atoms with Gasteiger partial charge in [-0.05, 0) is 82.4 Å². The van der Waals surface area contributed by atoms with E-state index in [0.717, 1.165) is 32.2 Å². The number of aryl methyl sites for hydroxylation is 2. The Labute approximate surface area is 163 Å². The van der Waals surface area contributed by atoms with Gasteiger partial charge in [-0.2, -0.15) is 4.31 Å². The summed E-state index contributed by atoms with van der Waals surface area (Å²) in [5.74, 6) is -0.0286. The molecular formula is C20H31N3O3S. The number of amides is 1. The first-order chi connectivity index (χ1) is 12.9. The topological polar surface area (TPSA) is 69.7 Å². The number of nitrogens with one attached hydrogen (secondary N) is 1. The number of benzene rings is 1. The van der Waals surface area contributed by atoms with Crippen LogP contribution in [0.25, 0.3) is 0 Å². The Hall–Kier alpha value is -1.44. The molecule has 150 valence electrons. The Morgan fingerprint density at radius 2 is 1.89 bits per heavy atom. The highest BCUT2D eigenvalue weighted by atomic mass is 32.2. The summed E-state index contributed by atoms with van der Waals surface area (Å²) < 4.78 is 27.5. The average Bonchev–Trinajstić information content (AvgIpc) is 3.13. The molecule has 1 heterocycles. The van der Waals surface area contributed by atoms with Gasteiger partial charge in [0, 0.05) is 25.6 Å². The lowest BCUT2D eigenvalue weighted by molar-refractivity contribution is -0.126. The van der Waals surface area contributed by atoms with E-state index < -0.39 is 10.0 Å². The molecule has 2 aliphatic rings. The van der Waals surface area contributed by atoms with Gasteiger partial charge in [0.25, 0.3) is 0 Å². The quantitative estimate of drug-likeness (QED) is 0.715. The summed E-state index contributed by atoms with van der Waals surface area (Å²) in [5, 5.41) is 2.99. The number of piperidine rings is 1. The first kappa shape index (κ1) is 20.3. The minimum absolute atomic E-state index is 0.0586. The second-order valence-corrected chi connectivity index (χ2v) is 9.85. The van der Waals surface area contributed by atoms with Gasteiger partial charge in [0.15, 0.2) is 0 Å². The number of sulfonamides is 1. The molecule has 1 saturated heterocycles. The van der Waals surface area contributed by atoms with Crippen molar-refractivity contribution in [3.8, 4) is 0 Å². The number of carbonyl (C=O) groups is 1. The molecule has 0 spiro atoms. The summed E-state index contributed by atoms with van der Waals surface area (Å²) in [6.07, 6.45) is 5.21. The molecule has 1 aromatic carbocycles. The molecule has 27 heavy (non-hydrogen) atoms. The van der Waals surface area contributed by atoms with E-state index in [9.17, 15) is 13.2 Å². The summed E-state index contributed by atoms with van der Waals surface area (Å²) >= 11 is 0. The maximum absolute atomic E-state index is 13.0. The molecule has 1 amide bonds. The van der Waals surface area contributed by atoms with E-state index in [2.05, 4.69) is 10.2 Å². The Bertz CT molecular complexity index is 769. The third kappa shape index (κ3) is 4.89. The molecule has 6 nitrogen and oxygen atoms in total. The van der Waals surface area contributed by atoms with Gasteiger partial charge in [-0.3, -0.25) is 4.79 Å². The minimum Gasteiger partial charge on any atom is -0.356 e. The monoisotopic (exact) mass is 393 g/mol. The zero-order valence-electron chi connectivity index (χ0n) is 16.4. The fraction of sp³-hybridized carbons (Fsp3) is 0.650. The van der Waals surface area contributed by atoms with Crippen molar-refractivity contribution >= 4 is 15.9 Å². The summed E-state index contributed by atoms with van der Waals surface area (Å²) in [6.45, 7) is 2.44. The van der Waals surface area contributed by atoms with Crippen molar-refractivity contribution in [1.82, 2.24) is 14.5 Å². The molecule has 1 fully saturated rings. The van der Waals surface area contributed by atoms with E-state index in [-0.39, 0.29) is 11.8 Å². The lowest BCUT2D eigenvalue weighted by Crippen LogP contribution is -2.43. The lowest BCUT2D eigenvalue weighted by atomic mass is 9.97. The van der Waals surface area contributed by atoms with Gasteiger partial charge < -0.3 is 10.2 Å². The minimum atomic E-state index is -3.47. The van der Waals surface area contributed by atoms with E-state index >= 15 is 0 Å². The largest absolute Gasteiger partial charge is 0.356 e. The Morgan fingerprint density at radius 1 is 1.19 bits per heavy atom. The molecule has 3 rings (SSSR count). The van der Waals surface area contributed by atoms with Crippen LogP contribution in [0.5, 0.6) is 0 Å². The summed E-state index contributed by atoms with van der Waals surface area (Å²) in [5.41, 5.74) is 2.45. The van der Waals surface area contributed by atoms with E-state index in [1.807, 2.05) is 26.2 Å². The zero-order valence-corrected chi connectivity index (χ0v) is 17.2. The normalized spacial score (nSPS) is 18.6. The van der Waals surface area contributed by atoms with Crippen molar-refractivity contribution in [1.29, 1.82) is 0 Å². The molecule has 0 radical (unpaired) electrons. The average molecular weight is 394 g/mol.